The molecule has 0 N–H and O–H groups in total. The Labute approximate surface area is 150 Å². The van der Waals surface area contributed by atoms with Crippen LogP contribution in [-0.4, -0.2) is 73.8 Å². The van der Waals surface area contributed by atoms with Gasteiger partial charge >= 0.3 is 0 Å². The van der Waals surface area contributed by atoms with E-state index in [0.717, 1.165) is 11.3 Å². The van der Waals surface area contributed by atoms with Gasteiger partial charge in [-0.1, -0.05) is 29.5 Å². The van der Waals surface area contributed by atoms with Crippen molar-refractivity contribution in [2.24, 2.45) is 0 Å². The highest BCUT2D eigenvalue weighted by molar-refractivity contribution is 7.99. The standard InChI is InChI=1S/C16H20N6O2S/c1-12-3-5-14(6-4-12)22-16(17-18-19-22)25-11-15(24)21-9-7-20(8-10-21)13(2)23/h3-6H,7-11H2,1-2H3. The van der Waals surface area contributed by atoms with Crippen LogP contribution in [0.1, 0.15) is 12.5 Å². The second kappa shape index (κ2) is 7.64. The number of amides is 2. The molecule has 2 heterocycles. The van der Waals surface area contributed by atoms with Gasteiger partial charge in [0.2, 0.25) is 17.0 Å². The number of rotatable bonds is 4. The molecule has 0 unspecified atom stereocenters. The molecule has 0 atom stereocenters. The smallest absolute Gasteiger partial charge is 0.233 e. The van der Waals surface area contributed by atoms with Crippen LogP contribution < -0.4 is 0 Å². The average molecular weight is 360 g/mol. The summed E-state index contributed by atoms with van der Waals surface area (Å²) in [6.07, 6.45) is 0. The van der Waals surface area contributed by atoms with E-state index in [9.17, 15) is 9.59 Å². The highest BCUT2D eigenvalue weighted by Gasteiger charge is 2.23. The van der Waals surface area contributed by atoms with E-state index in [1.807, 2.05) is 31.2 Å². The van der Waals surface area contributed by atoms with Gasteiger partial charge in [0.1, 0.15) is 0 Å². The summed E-state index contributed by atoms with van der Waals surface area (Å²) < 4.78 is 1.63. The third-order valence-corrected chi connectivity index (χ3v) is 5.03. The van der Waals surface area contributed by atoms with Gasteiger partial charge in [0, 0.05) is 33.1 Å². The van der Waals surface area contributed by atoms with E-state index < -0.39 is 0 Å². The van der Waals surface area contributed by atoms with Crippen molar-refractivity contribution >= 4 is 23.6 Å². The summed E-state index contributed by atoms with van der Waals surface area (Å²) in [7, 11) is 0. The van der Waals surface area contributed by atoms with Gasteiger partial charge in [-0.25, -0.2) is 0 Å². The molecule has 0 aliphatic carbocycles. The molecule has 1 aliphatic heterocycles. The Hall–Kier alpha value is -2.42. The second-order valence-electron chi connectivity index (χ2n) is 5.88. The van der Waals surface area contributed by atoms with Crippen LogP contribution >= 0.6 is 11.8 Å². The number of hydrogen-bond acceptors (Lipinski definition) is 6. The van der Waals surface area contributed by atoms with Gasteiger partial charge in [-0.15, -0.1) is 5.10 Å². The largest absolute Gasteiger partial charge is 0.339 e. The van der Waals surface area contributed by atoms with E-state index in [2.05, 4.69) is 15.5 Å². The summed E-state index contributed by atoms with van der Waals surface area (Å²) in [6.45, 7) is 5.89. The number of carbonyl (C=O) groups is 2. The van der Waals surface area contributed by atoms with Crippen molar-refractivity contribution in [3.8, 4) is 5.69 Å². The normalized spacial score (nSPS) is 14.6. The maximum absolute atomic E-state index is 12.4. The maximum atomic E-state index is 12.4. The molecule has 132 valence electrons. The lowest BCUT2D eigenvalue weighted by molar-refractivity contribution is -0.136. The van der Waals surface area contributed by atoms with Crippen LogP contribution in [0.2, 0.25) is 0 Å². The van der Waals surface area contributed by atoms with Gasteiger partial charge in [-0.2, -0.15) is 4.68 Å². The van der Waals surface area contributed by atoms with Gasteiger partial charge in [0.15, 0.2) is 0 Å². The molecular formula is C16H20N6O2S. The highest BCUT2D eigenvalue weighted by atomic mass is 32.2. The Bertz CT molecular complexity index is 752. The van der Waals surface area contributed by atoms with Crippen LogP contribution in [0.5, 0.6) is 0 Å². The molecule has 1 aliphatic rings. The first kappa shape index (κ1) is 17.4. The zero-order valence-electron chi connectivity index (χ0n) is 14.3. The van der Waals surface area contributed by atoms with E-state index in [4.69, 9.17) is 0 Å². The Morgan fingerprint density at radius 3 is 2.36 bits per heavy atom. The van der Waals surface area contributed by atoms with E-state index in [1.165, 1.54) is 11.8 Å². The molecular weight excluding hydrogens is 340 g/mol. The van der Waals surface area contributed by atoms with Gasteiger partial charge in [-0.05, 0) is 29.5 Å². The quantitative estimate of drug-likeness (QED) is 0.748. The number of thioether (sulfide) groups is 1. The molecule has 2 aromatic rings. The lowest BCUT2D eigenvalue weighted by Gasteiger charge is -2.34. The lowest BCUT2D eigenvalue weighted by atomic mass is 10.2. The Kier molecular flexibility index (Phi) is 5.32. The number of aromatic nitrogens is 4. The third-order valence-electron chi connectivity index (χ3n) is 4.12. The third kappa shape index (κ3) is 4.16. The molecule has 1 saturated heterocycles. The summed E-state index contributed by atoms with van der Waals surface area (Å²) in [5.74, 6) is 0.358. The van der Waals surface area contributed by atoms with Crippen molar-refractivity contribution in [1.29, 1.82) is 0 Å². The zero-order chi connectivity index (χ0) is 17.8. The number of aryl methyl sites for hydroxylation is 1. The highest BCUT2D eigenvalue weighted by Crippen LogP contribution is 2.19. The van der Waals surface area contributed by atoms with Crippen molar-refractivity contribution in [1.82, 2.24) is 30.0 Å². The van der Waals surface area contributed by atoms with Gasteiger partial charge in [-0.3, -0.25) is 9.59 Å². The molecule has 1 aromatic heterocycles. The molecule has 3 rings (SSSR count). The topological polar surface area (TPSA) is 84.2 Å². The molecule has 1 fully saturated rings. The Morgan fingerprint density at radius 1 is 1.08 bits per heavy atom. The fraction of sp³-hybridized carbons (Fsp3) is 0.438. The number of benzene rings is 1. The van der Waals surface area contributed by atoms with E-state index >= 15 is 0 Å². The SMILES string of the molecule is CC(=O)N1CCN(C(=O)CSc2nnnn2-c2ccc(C)cc2)CC1. The maximum Gasteiger partial charge on any atom is 0.233 e. The average Bonchev–Trinajstić information content (AvgIpc) is 3.09. The number of piperazine rings is 1. The fourth-order valence-electron chi connectivity index (χ4n) is 2.61. The second-order valence-corrected chi connectivity index (χ2v) is 6.83. The van der Waals surface area contributed by atoms with E-state index in [-0.39, 0.29) is 17.6 Å². The van der Waals surface area contributed by atoms with Crippen LogP contribution in [0.25, 0.3) is 5.69 Å². The number of hydrogen-bond donors (Lipinski definition) is 0. The first-order valence-corrected chi connectivity index (χ1v) is 9.04. The molecule has 0 spiro atoms. The van der Waals surface area contributed by atoms with Crippen LogP contribution in [-0.2, 0) is 9.59 Å². The van der Waals surface area contributed by atoms with Crippen molar-refractivity contribution < 1.29 is 9.59 Å². The zero-order valence-corrected chi connectivity index (χ0v) is 15.1. The first-order valence-electron chi connectivity index (χ1n) is 8.06. The first-order chi connectivity index (χ1) is 12.0. The molecule has 0 radical (unpaired) electrons. The van der Waals surface area contributed by atoms with Gasteiger partial charge in [0.05, 0.1) is 11.4 Å². The molecule has 2 amide bonds. The van der Waals surface area contributed by atoms with E-state index in [1.54, 1.807) is 21.4 Å². The minimum absolute atomic E-state index is 0.0339. The van der Waals surface area contributed by atoms with Crippen LogP contribution in [0.4, 0.5) is 0 Å². The summed E-state index contributed by atoms with van der Waals surface area (Å²) in [4.78, 5) is 27.3. The lowest BCUT2D eigenvalue weighted by Crippen LogP contribution is -2.50. The predicted octanol–water partition coefficient (Wildman–Crippen LogP) is 0.754. The summed E-state index contributed by atoms with van der Waals surface area (Å²) in [6, 6.07) is 7.87. The number of tetrazole rings is 1. The number of nitrogens with zero attached hydrogens (tertiary/aromatic N) is 6. The van der Waals surface area contributed by atoms with Crippen LogP contribution in [0.15, 0.2) is 29.4 Å². The molecule has 25 heavy (non-hydrogen) atoms. The Balaban J connectivity index is 1.58. The van der Waals surface area contributed by atoms with Crippen LogP contribution in [0, 0.1) is 6.92 Å². The molecule has 1 aromatic carbocycles. The minimum atomic E-state index is 0.0339. The van der Waals surface area contributed by atoms with Gasteiger partial charge < -0.3 is 9.80 Å². The van der Waals surface area contributed by atoms with Crippen molar-refractivity contribution in [3.63, 3.8) is 0 Å². The van der Waals surface area contributed by atoms with Crippen molar-refractivity contribution in [2.75, 3.05) is 31.9 Å². The fourth-order valence-corrected chi connectivity index (χ4v) is 3.40. The molecule has 0 bridgehead atoms. The summed E-state index contributed by atoms with van der Waals surface area (Å²) in [5.41, 5.74) is 2.02. The molecule has 9 heteroatoms. The number of carbonyl (C=O) groups excluding carboxylic acids is 2. The van der Waals surface area contributed by atoms with Crippen molar-refractivity contribution in [2.45, 2.75) is 19.0 Å². The summed E-state index contributed by atoms with van der Waals surface area (Å²) in [5, 5.41) is 12.3. The summed E-state index contributed by atoms with van der Waals surface area (Å²) >= 11 is 1.32. The monoisotopic (exact) mass is 360 g/mol. The Morgan fingerprint density at radius 2 is 1.72 bits per heavy atom. The van der Waals surface area contributed by atoms with Gasteiger partial charge in [0.25, 0.3) is 0 Å². The van der Waals surface area contributed by atoms with Crippen molar-refractivity contribution in [3.05, 3.63) is 29.8 Å². The predicted molar refractivity (Wildman–Crippen MR) is 93.4 cm³/mol. The molecule has 0 saturated carbocycles. The van der Waals surface area contributed by atoms with Crippen LogP contribution in [0.3, 0.4) is 0 Å². The molecule has 8 nitrogen and oxygen atoms in total. The minimum Gasteiger partial charge on any atom is -0.339 e. The van der Waals surface area contributed by atoms with E-state index in [0.29, 0.717) is 31.3 Å².